The molecule has 0 bridgehead atoms. The summed E-state index contributed by atoms with van der Waals surface area (Å²) in [5, 5.41) is 9.03. The van der Waals surface area contributed by atoms with Crippen LogP contribution in [0.25, 0.3) is 0 Å². The molecule has 2 rings (SSSR count). The first-order valence-corrected chi connectivity index (χ1v) is 7.37. The van der Waals surface area contributed by atoms with E-state index in [1.165, 1.54) is 0 Å². The molecule has 0 saturated carbocycles. The fourth-order valence-corrected chi connectivity index (χ4v) is 3.67. The van der Waals surface area contributed by atoms with Crippen LogP contribution >= 0.6 is 0 Å². The van der Waals surface area contributed by atoms with Gasteiger partial charge in [0.15, 0.2) is 9.84 Å². The highest BCUT2D eigenvalue weighted by Gasteiger charge is 2.28. The number of hydrogen-bond donors (Lipinski definition) is 1. The molecule has 0 amide bonds. The van der Waals surface area contributed by atoms with Crippen LogP contribution in [0.15, 0.2) is 18.3 Å². The number of anilines is 1. The first-order chi connectivity index (χ1) is 8.02. The third-order valence-corrected chi connectivity index (χ3v) is 4.76. The lowest BCUT2D eigenvalue weighted by Crippen LogP contribution is -2.47. The van der Waals surface area contributed by atoms with Crippen LogP contribution in [0.2, 0.25) is 0 Å². The second-order valence-electron chi connectivity index (χ2n) is 4.32. The number of aliphatic hydroxyl groups excluding tert-OH is 1. The minimum Gasteiger partial charge on any atom is -0.390 e. The smallest absolute Gasteiger partial charge is 0.154 e. The topological polar surface area (TPSA) is 70.5 Å². The van der Waals surface area contributed by atoms with Crippen molar-refractivity contribution in [2.75, 3.05) is 23.0 Å². The van der Waals surface area contributed by atoms with Gasteiger partial charge in [0.05, 0.1) is 23.8 Å². The normalized spacial score (nSPS) is 23.6. The lowest BCUT2D eigenvalue weighted by atomic mass is 10.2. The van der Waals surface area contributed by atoms with Crippen LogP contribution < -0.4 is 4.90 Å². The van der Waals surface area contributed by atoms with E-state index in [0.29, 0.717) is 12.2 Å². The van der Waals surface area contributed by atoms with Gasteiger partial charge >= 0.3 is 0 Å². The predicted octanol–water partition coefficient (Wildman–Crippen LogP) is 0.197. The molecule has 1 aliphatic heterocycles. The van der Waals surface area contributed by atoms with Crippen molar-refractivity contribution in [2.45, 2.75) is 19.6 Å². The summed E-state index contributed by atoms with van der Waals surface area (Å²) < 4.78 is 23.0. The third-order valence-electron chi connectivity index (χ3n) is 2.96. The second kappa shape index (κ2) is 4.62. The van der Waals surface area contributed by atoms with Gasteiger partial charge in [0.1, 0.15) is 0 Å². The van der Waals surface area contributed by atoms with Gasteiger partial charge in [0.2, 0.25) is 0 Å². The fraction of sp³-hybridized carbons (Fsp3) is 0.545. The zero-order valence-corrected chi connectivity index (χ0v) is 10.5. The van der Waals surface area contributed by atoms with E-state index in [4.69, 9.17) is 5.11 Å². The van der Waals surface area contributed by atoms with Crippen LogP contribution in [0.1, 0.15) is 12.6 Å². The maximum Gasteiger partial charge on any atom is 0.154 e. The van der Waals surface area contributed by atoms with E-state index in [2.05, 4.69) is 4.98 Å². The van der Waals surface area contributed by atoms with E-state index in [1.54, 1.807) is 12.3 Å². The molecule has 17 heavy (non-hydrogen) atoms. The summed E-state index contributed by atoms with van der Waals surface area (Å²) in [5.41, 5.74) is 1.52. The van der Waals surface area contributed by atoms with E-state index in [0.717, 1.165) is 5.69 Å². The quantitative estimate of drug-likeness (QED) is 0.818. The van der Waals surface area contributed by atoms with Crippen molar-refractivity contribution in [1.29, 1.82) is 0 Å². The number of aromatic nitrogens is 1. The third kappa shape index (κ3) is 2.76. The number of sulfone groups is 1. The van der Waals surface area contributed by atoms with Crippen LogP contribution in [-0.4, -0.2) is 42.6 Å². The summed E-state index contributed by atoms with van der Waals surface area (Å²) in [4.78, 5) is 6.05. The first-order valence-electron chi connectivity index (χ1n) is 5.55. The summed E-state index contributed by atoms with van der Waals surface area (Å²) in [6.45, 7) is 2.29. The highest BCUT2D eigenvalue weighted by molar-refractivity contribution is 7.91. The molecule has 0 spiro atoms. The van der Waals surface area contributed by atoms with Crippen LogP contribution in [0.4, 0.5) is 5.69 Å². The molecule has 1 fully saturated rings. The lowest BCUT2D eigenvalue weighted by Gasteiger charge is -2.35. The van der Waals surface area contributed by atoms with Gasteiger partial charge in [-0.2, -0.15) is 0 Å². The molecule has 0 radical (unpaired) electrons. The average molecular weight is 256 g/mol. The number of hydrogen-bond acceptors (Lipinski definition) is 5. The molecule has 1 atom stereocenters. The van der Waals surface area contributed by atoms with Gasteiger partial charge in [-0.25, -0.2) is 8.42 Å². The molecule has 6 heteroatoms. The van der Waals surface area contributed by atoms with E-state index in [9.17, 15) is 8.42 Å². The van der Waals surface area contributed by atoms with Crippen molar-refractivity contribution < 1.29 is 13.5 Å². The Bertz CT molecular complexity index is 501. The molecular weight excluding hydrogens is 240 g/mol. The van der Waals surface area contributed by atoms with Crippen molar-refractivity contribution >= 4 is 15.5 Å². The SMILES string of the molecule is CC1CS(=O)(=O)CCN1c1ccnc(CO)c1. The molecule has 0 aliphatic carbocycles. The molecule has 1 unspecified atom stereocenters. The average Bonchev–Trinajstić information content (AvgIpc) is 2.28. The van der Waals surface area contributed by atoms with Gasteiger partial charge in [-0.05, 0) is 19.1 Å². The molecule has 0 aromatic carbocycles. The summed E-state index contributed by atoms with van der Waals surface area (Å²) in [5.74, 6) is 0.373. The minimum absolute atomic E-state index is 0.0392. The van der Waals surface area contributed by atoms with Crippen molar-refractivity contribution in [3.8, 4) is 0 Å². The Morgan fingerprint density at radius 2 is 2.35 bits per heavy atom. The number of rotatable bonds is 2. The Balaban J connectivity index is 2.23. The lowest BCUT2D eigenvalue weighted by molar-refractivity contribution is 0.277. The molecule has 1 aromatic heterocycles. The van der Waals surface area contributed by atoms with Crippen LogP contribution in [-0.2, 0) is 16.4 Å². The second-order valence-corrected chi connectivity index (χ2v) is 6.55. The zero-order chi connectivity index (χ0) is 12.5. The van der Waals surface area contributed by atoms with Crippen LogP contribution in [0.3, 0.4) is 0 Å². The van der Waals surface area contributed by atoms with E-state index in [1.807, 2.05) is 17.9 Å². The van der Waals surface area contributed by atoms with Gasteiger partial charge in [0.25, 0.3) is 0 Å². The van der Waals surface area contributed by atoms with Gasteiger partial charge in [-0.1, -0.05) is 0 Å². The Labute approximate surface area is 101 Å². The van der Waals surface area contributed by atoms with Crippen molar-refractivity contribution in [3.63, 3.8) is 0 Å². The standard InChI is InChI=1S/C11H16N2O3S/c1-9-8-17(15,16)5-4-13(9)11-2-3-12-10(6-11)7-14/h2-3,6,9,14H,4-5,7-8H2,1H3. The molecule has 94 valence electrons. The largest absolute Gasteiger partial charge is 0.390 e. The Kier molecular flexibility index (Phi) is 3.35. The number of nitrogens with zero attached hydrogens (tertiary/aromatic N) is 2. The number of aliphatic hydroxyl groups is 1. The maximum atomic E-state index is 11.5. The van der Waals surface area contributed by atoms with E-state index >= 15 is 0 Å². The van der Waals surface area contributed by atoms with Crippen LogP contribution in [0.5, 0.6) is 0 Å². The summed E-state index contributed by atoms with van der Waals surface area (Å²) in [6, 6.07) is 3.60. The first kappa shape index (κ1) is 12.3. The fourth-order valence-electron chi connectivity index (χ4n) is 2.11. The molecule has 1 saturated heterocycles. The summed E-state index contributed by atoms with van der Waals surface area (Å²) in [7, 11) is -2.90. The summed E-state index contributed by atoms with van der Waals surface area (Å²) >= 11 is 0. The Hall–Kier alpha value is -1.14. The molecule has 5 nitrogen and oxygen atoms in total. The van der Waals surface area contributed by atoms with Crippen molar-refractivity contribution in [2.24, 2.45) is 0 Å². The summed E-state index contributed by atoms with van der Waals surface area (Å²) in [6.07, 6.45) is 1.64. The Morgan fingerprint density at radius 3 is 3.00 bits per heavy atom. The predicted molar refractivity (Wildman–Crippen MR) is 65.6 cm³/mol. The molecule has 1 aromatic rings. The molecule has 2 heterocycles. The minimum atomic E-state index is -2.90. The Morgan fingerprint density at radius 1 is 1.59 bits per heavy atom. The zero-order valence-electron chi connectivity index (χ0n) is 9.70. The van der Waals surface area contributed by atoms with E-state index < -0.39 is 9.84 Å². The highest BCUT2D eigenvalue weighted by Crippen LogP contribution is 2.21. The monoisotopic (exact) mass is 256 g/mol. The molecular formula is C11H16N2O3S. The van der Waals surface area contributed by atoms with Crippen molar-refractivity contribution in [3.05, 3.63) is 24.0 Å². The highest BCUT2D eigenvalue weighted by atomic mass is 32.2. The maximum absolute atomic E-state index is 11.5. The van der Waals surface area contributed by atoms with Gasteiger partial charge in [-0.15, -0.1) is 0 Å². The van der Waals surface area contributed by atoms with E-state index in [-0.39, 0.29) is 24.2 Å². The van der Waals surface area contributed by atoms with Crippen molar-refractivity contribution in [1.82, 2.24) is 4.98 Å². The van der Waals surface area contributed by atoms with Gasteiger partial charge < -0.3 is 10.0 Å². The molecule has 1 aliphatic rings. The van der Waals surface area contributed by atoms with Gasteiger partial charge in [-0.3, -0.25) is 4.98 Å². The molecule has 1 N–H and O–H groups in total. The van der Waals surface area contributed by atoms with Gasteiger partial charge in [0, 0.05) is 24.5 Å². The number of pyridine rings is 1. The van der Waals surface area contributed by atoms with Crippen LogP contribution in [0, 0.1) is 0 Å².